The van der Waals surface area contributed by atoms with Gasteiger partial charge in [-0.2, -0.15) is 0 Å². The monoisotopic (exact) mass is 350 g/mol. The third-order valence-corrected chi connectivity index (χ3v) is 0.992. The predicted molar refractivity (Wildman–Crippen MR) is 70.1 cm³/mol. The molecule has 0 atom stereocenters. The molecule has 4 heteroatoms. The van der Waals surface area contributed by atoms with Crippen LogP contribution in [0.1, 0.15) is 0 Å². The summed E-state index contributed by atoms with van der Waals surface area (Å²) < 4.78 is 0. The molecule has 0 N–H and O–H groups in total. The summed E-state index contributed by atoms with van der Waals surface area (Å²) >= 11 is -0.0556. The van der Waals surface area contributed by atoms with Crippen molar-refractivity contribution < 1.29 is 17.0 Å². The average Bonchev–Trinajstić information content (AvgIpc) is 3.00. The molecule has 2 fully saturated rings. The summed E-state index contributed by atoms with van der Waals surface area (Å²) in [6.07, 6.45) is 21.0. The van der Waals surface area contributed by atoms with Crippen molar-refractivity contribution >= 4 is 34.0 Å². The molecule has 0 heterocycles. The van der Waals surface area contributed by atoms with E-state index in [1.807, 2.05) is 51.4 Å². The van der Waals surface area contributed by atoms with E-state index in [0.717, 1.165) is 0 Å². The summed E-state index contributed by atoms with van der Waals surface area (Å²) in [4.78, 5) is 0. The third kappa shape index (κ3) is 24.9. The molecular weight excluding hydrogens is 336 g/mol. The van der Waals surface area contributed by atoms with E-state index in [2.05, 4.69) is 24.4 Å². The Labute approximate surface area is 126 Å². The average molecular weight is 350 g/mol. The van der Waals surface area contributed by atoms with Gasteiger partial charge in [0.05, 0.1) is 0 Å². The third-order valence-electron chi connectivity index (χ3n) is 0.992. The second-order valence-electron chi connectivity index (χ2n) is 2.34. The van der Waals surface area contributed by atoms with Crippen LogP contribution in [0, 0.1) is 64.2 Å². The minimum atomic E-state index is -0.556. The van der Waals surface area contributed by atoms with Gasteiger partial charge in [-0.05, 0) is 0 Å². The van der Waals surface area contributed by atoms with E-state index in [1.165, 1.54) is 0 Å². The van der Waals surface area contributed by atoms with Gasteiger partial charge in [0.2, 0.25) is 0 Å². The Kier molecular flexibility index (Phi) is 27.8. The first-order chi connectivity index (χ1) is 7.83. The van der Waals surface area contributed by atoms with E-state index in [0.29, 0.717) is 15.4 Å². The van der Waals surface area contributed by atoms with Gasteiger partial charge >= 0.3 is 62.6 Å². The molecular formula is C12H14Cl2GeTi-2. The fourth-order valence-corrected chi connectivity index (χ4v) is 0.556. The molecule has 0 bridgehead atoms. The fraction of sp³-hybridized carbons (Fsp3) is 0.167. The maximum atomic E-state index is 4.89. The van der Waals surface area contributed by atoms with E-state index in [4.69, 9.17) is 18.6 Å². The Hall–Kier alpha value is 1.84. The molecule has 2 aliphatic carbocycles. The molecule has 12 radical (unpaired) electrons. The van der Waals surface area contributed by atoms with Crippen molar-refractivity contribution in [3.05, 3.63) is 64.2 Å². The van der Waals surface area contributed by atoms with Gasteiger partial charge in [0.15, 0.2) is 0 Å². The molecule has 0 amide bonds. The fourth-order valence-electron chi connectivity index (χ4n) is 0.556. The van der Waals surface area contributed by atoms with Crippen molar-refractivity contribution in [1.29, 1.82) is 0 Å². The molecule has 0 nitrogen and oxygen atoms in total. The van der Waals surface area contributed by atoms with Crippen molar-refractivity contribution in [2.75, 3.05) is 0 Å². The van der Waals surface area contributed by atoms with E-state index in [-0.39, 0.29) is 0 Å². The SMILES string of the molecule is [C-]1[CH][CH][CH][CH]1.[C-]1[CH][CH][CH][CH]1.[CH3][Ge][CH3].[Cl][Ti][Cl]. The van der Waals surface area contributed by atoms with Crippen LogP contribution in [0.3, 0.4) is 0 Å². The topological polar surface area (TPSA) is 0 Å². The Bertz CT molecular complexity index is 69.8. The van der Waals surface area contributed by atoms with Gasteiger partial charge in [0.1, 0.15) is 0 Å². The molecule has 0 spiro atoms. The molecule has 2 saturated carbocycles. The second kappa shape index (κ2) is 22.1. The van der Waals surface area contributed by atoms with Crippen LogP contribution in [0.2, 0.25) is 11.5 Å². The molecule has 0 aliphatic heterocycles. The van der Waals surface area contributed by atoms with Crippen LogP contribution < -0.4 is 0 Å². The van der Waals surface area contributed by atoms with Crippen LogP contribution in [0.15, 0.2) is 0 Å². The molecule has 0 aromatic rings. The van der Waals surface area contributed by atoms with Crippen molar-refractivity contribution in [2.45, 2.75) is 11.5 Å². The van der Waals surface area contributed by atoms with Crippen LogP contribution >= 0.6 is 18.6 Å². The molecule has 2 aliphatic rings. The number of rotatable bonds is 0. The standard InChI is InChI=1S/2C5H4.C2H6Ge.2ClH.Ti/c2*1-2-4-5-3-1;1-3-2;;;/h2*1-4H;1-2H3;2*1H;/q2*-1;;;;+2/p-2. The molecule has 0 unspecified atom stereocenters. The summed E-state index contributed by atoms with van der Waals surface area (Å²) in [6.45, 7) is 0. The first-order valence-corrected chi connectivity index (χ1v) is 13.0. The molecule has 0 saturated heterocycles. The predicted octanol–water partition coefficient (Wildman–Crippen LogP) is 3.96. The molecule has 86 valence electrons. The number of hydrogen-bond acceptors (Lipinski definition) is 0. The van der Waals surface area contributed by atoms with Crippen LogP contribution in [0.4, 0.5) is 0 Å². The Morgan fingerprint density at radius 1 is 0.812 bits per heavy atom. The zero-order chi connectivity index (χ0) is 12.5. The van der Waals surface area contributed by atoms with Crippen molar-refractivity contribution in [2.24, 2.45) is 0 Å². The van der Waals surface area contributed by atoms with Gasteiger partial charge in [0.25, 0.3) is 0 Å². The first kappa shape index (κ1) is 20.2. The van der Waals surface area contributed by atoms with E-state index in [1.54, 1.807) is 0 Å². The minimum absolute atomic E-state index is 0.500. The summed E-state index contributed by atoms with van der Waals surface area (Å²) in [5.41, 5.74) is 0. The van der Waals surface area contributed by atoms with Gasteiger partial charge < -0.3 is 12.8 Å². The van der Waals surface area contributed by atoms with Crippen LogP contribution in [0.5, 0.6) is 0 Å². The zero-order valence-corrected chi connectivity index (χ0v) is 14.5. The van der Waals surface area contributed by atoms with Crippen LogP contribution in [0.25, 0.3) is 0 Å². The summed E-state index contributed by atoms with van der Waals surface area (Å²) in [6, 6.07) is 0. The van der Waals surface area contributed by atoms with Crippen LogP contribution in [-0.4, -0.2) is 15.4 Å². The molecule has 0 aromatic heterocycles. The van der Waals surface area contributed by atoms with Gasteiger partial charge in [-0.3, -0.25) is 0 Å². The van der Waals surface area contributed by atoms with Gasteiger partial charge in [-0.25, -0.2) is 25.7 Å². The summed E-state index contributed by atoms with van der Waals surface area (Å²) in [7, 11) is 9.78. The Morgan fingerprint density at radius 3 is 1.06 bits per heavy atom. The van der Waals surface area contributed by atoms with E-state index < -0.39 is 17.0 Å². The van der Waals surface area contributed by atoms with Gasteiger partial charge in [-0.1, -0.05) is 25.7 Å². The van der Waals surface area contributed by atoms with Crippen molar-refractivity contribution in [3.8, 4) is 0 Å². The van der Waals surface area contributed by atoms with Crippen molar-refractivity contribution in [3.63, 3.8) is 0 Å². The molecule has 16 heavy (non-hydrogen) atoms. The van der Waals surface area contributed by atoms with Gasteiger partial charge in [-0.15, -0.1) is 0 Å². The van der Waals surface area contributed by atoms with E-state index in [9.17, 15) is 0 Å². The normalized spacial score (nSPS) is 17.0. The maximum absolute atomic E-state index is 4.89. The number of halogens is 2. The van der Waals surface area contributed by atoms with Crippen molar-refractivity contribution in [1.82, 2.24) is 0 Å². The Balaban J connectivity index is 0. The second-order valence-corrected chi connectivity index (χ2v) is 7.02. The van der Waals surface area contributed by atoms with Gasteiger partial charge in [0, 0.05) is 0 Å². The quantitative estimate of drug-likeness (QED) is 0.459. The van der Waals surface area contributed by atoms with E-state index >= 15 is 0 Å². The summed E-state index contributed by atoms with van der Waals surface area (Å²) in [5, 5.41) is 0. The Morgan fingerprint density at radius 2 is 1.00 bits per heavy atom. The first-order valence-electron chi connectivity index (χ1n) is 4.53. The molecule has 0 aromatic carbocycles. The molecule has 2 rings (SSSR count). The van der Waals surface area contributed by atoms with Crippen LogP contribution in [-0.2, 0) is 17.0 Å². The zero-order valence-electron chi connectivity index (χ0n) is 9.37. The number of hydrogen-bond donors (Lipinski definition) is 0. The summed E-state index contributed by atoms with van der Waals surface area (Å²) in [5.74, 6) is 4.50.